The fourth-order valence-corrected chi connectivity index (χ4v) is 3.69. The van der Waals surface area contributed by atoms with E-state index in [2.05, 4.69) is 27.3 Å². The van der Waals surface area contributed by atoms with E-state index in [4.69, 9.17) is 11.6 Å². The van der Waals surface area contributed by atoms with Crippen LogP contribution in [0.2, 0.25) is 5.02 Å². The minimum Gasteiger partial charge on any atom is -0.347 e. The molecule has 0 unspecified atom stereocenters. The largest absolute Gasteiger partial charge is 0.347 e. The first-order valence-electron chi connectivity index (χ1n) is 8.24. The van der Waals surface area contributed by atoms with Crippen LogP contribution in [0.1, 0.15) is 20.8 Å². The molecule has 0 aliphatic carbocycles. The molecule has 0 aliphatic heterocycles. The molecular weight excluding hydrogens is 366 g/mol. The van der Waals surface area contributed by atoms with Crippen LogP contribution in [0.5, 0.6) is 0 Å². The number of halogens is 1. The van der Waals surface area contributed by atoms with Crippen LogP contribution in [0.25, 0.3) is 10.6 Å². The van der Waals surface area contributed by atoms with E-state index in [1.54, 1.807) is 6.20 Å². The topological polar surface area (TPSA) is 45.2 Å². The third-order valence-electron chi connectivity index (χ3n) is 3.81. The number of thiazole rings is 1. The molecule has 0 radical (unpaired) electrons. The minimum atomic E-state index is -0.127. The third-order valence-corrected chi connectivity index (χ3v) is 5.17. The summed E-state index contributed by atoms with van der Waals surface area (Å²) in [5.41, 5.74) is 3.16. The van der Waals surface area contributed by atoms with Gasteiger partial charge in [0.15, 0.2) is 0 Å². The van der Waals surface area contributed by atoms with Gasteiger partial charge in [-0.05, 0) is 31.3 Å². The van der Waals surface area contributed by atoms with E-state index in [9.17, 15) is 4.79 Å². The maximum absolute atomic E-state index is 12.4. The molecule has 2 aromatic carbocycles. The van der Waals surface area contributed by atoms with E-state index in [0.717, 1.165) is 22.7 Å². The average molecular weight is 386 g/mol. The molecule has 1 heterocycles. The second-order valence-corrected chi connectivity index (χ2v) is 7.68. The molecule has 3 aromatic rings. The summed E-state index contributed by atoms with van der Waals surface area (Å²) < 4.78 is 0. The number of amides is 1. The Morgan fingerprint density at radius 2 is 1.81 bits per heavy atom. The van der Waals surface area contributed by atoms with Crippen LogP contribution in [0.15, 0.2) is 54.7 Å². The number of aromatic nitrogens is 1. The smallest absolute Gasteiger partial charge is 0.263 e. The molecule has 1 aromatic heterocycles. The molecule has 1 N–H and O–H groups in total. The number of hydrogen-bond acceptors (Lipinski definition) is 4. The highest BCUT2D eigenvalue weighted by molar-refractivity contribution is 7.17. The lowest BCUT2D eigenvalue weighted by atomic mass is 10.1. The monoisotopic (exact) mass is 385 g/mol. The van der Waals surface area contributed by atoms with E-state index in [1.165, 1.54) is 16.9 Å². The van der Waals surface area contributed by atoms with Crippen molar-refractivity contribution in [3.05, 3.63) is 75.8 Å². The van der Waals surface area contributed by atoms with Gasteiger partial charge in [0.2, 0.25) is 0 Å². The standard InChI is InChI=1S/C20H20ClN3OS/c1-24(2)13-15-9-7-14(8-10-15)11-22-19(25)18-12-23-20(26-18)16-5-3-4-6-17(16)21/h3-10,12H,11,13H2,1-2H3,(H,22,25). The predicted octanol–water partition coefficient (Wildman–Crippen LogP) is 4.46. The van der Waals surface area contributed by atoms with E-state index in [0.29, 0.717) is 16.4 Å². The Balaban J connectivity index is 1.61. The predicted molar refractivity (Wildman–Crippen MR) is 108 cm³/mol. The zero-order valence-corrected chi connectivity index (χ0v) is 16.3. The van der Waals surface area contributed by atoms with E-state index in [1.807, 2.05) is 50.5 Å². The number of hydrogen-bond donors (Lipinski definition) is 1. The van der Waals surface area contributed by atoms with Crippen molar-refractivity contribution < 1.29 is 4.79 Å². The van der Waals surface area contributed by atoms with Gasteiger partial charge < -0.3 is 10.2 Å². The zero-order chi connectivity index (χ0) is 18.5. The molecule has 134 valence electrons. The van der Waals surface area contributed by atoms with Crippen LogP contribution in [-0.2, 0) is 13.1 Å². The van der Waals surface area contributed by atoms with Crippen molar-refractivity contribution in [3.63, 3.8) is 0 Å². The summed E-state index contributed by atoms with van der Waals surface area (Å²) in [6.07, 6.45) is 1.60. The van der Waals surface area contributed by atoms with E-state index < -0.39 is 0 Å². The number of nitrogens with zero attached hydrogens (tertiary/aromatic N) is 2. The summed E-state index contributed by atoms with van der Waals surface area (Å²) >= 11 is 7.54. The molecule has 0 saturated heterocycles. The lowest BCUT2D eigenvalue weighted by molar-refractivity contribution is 0.0955. The van der Waals surface area contributed by atoms with Crippen LogP contribution in [-0.4, -0.2) is 29.9 Å². The molecule has 4 nitrogen and oxygen atoms in total. The molecule has 0 fully saturated rings. The maximum atomic E-state index is 12.4. The normalized spacial score (nSPS) is 10.9. The molecule has 3 rings (SSSR count). The van der Waals surface area contributed by atoms with Gasteiger partial charge in [0.05, 0.1) is 11.2 Å². The molecular formula is C20H20ClN3OS. The Labute approximate surface area is 162 Å². The Hall–Kier alpha value is -2.21. The van der Waals surface area contributed by atoms with Gasteiger partial charge in [-0.1, -0.05) is 54.1 Å². The number of nitrogens with one attached hydrogen (secondary N) is 1. The Morgan fingerprint density at radius 1 is 1.12 bits per heavy atom. The van der Waals surface area contributed by atoms with Crippen LogP contribution < -0.4 is 5.32 Å². The first-order chi connectivity index (χ1) is 12.5. The average Bonchev–Trinajstić information content (AvgIpc) is 3.11. The van der Waals surface area contributed by atoms with E-state index >= 15 is 0 Å². The molecule has 0 bridgehead atoms. The Kier molecular flexibility index (Phi) is 6.04. The van der Waals surface area contributed by atoms with Crippen LogP contribution >= 0.6 is 22.9 Å². The van der Waals surface area contributed by atoms with Gasteiger partial charge in [-0.25, -0.2) is 4.98 Å². The Morgan fingerprint density at radius 3 is 2.50 bits per heavy atom. The first-order valence-corrected chi connectivity index (χ1v) is 9.44. The summed E-state index contributed by atoms with van der Waals surface area (Å²) in [5, 5.41) is 4.32. The highest BCUT2D eigenvalue weighted by atomic mass is 35.5. The molecule has 0 spiro atoms. The van der Waals surface area contributed by atoms with Gasteiger partial charge >= 0.3 is 0 Å². The van der Waals surface area contributed by atoms with Crippen molar-refractivity contribution in [1.29, 1.82) is 0 Å². The van der Waals surface area contributed by atoms with Gasteiger partial charge in [0.25, 0.3) is 5.91 Å². The fourth-order valence-electron chi connectivity index (χ4n) is 2.54. The first kappa shape index (κ1) is 18.6. The molecule has 6 heteroatoms. The van der Waals surface area contributed by atoms with Crippen molar-refractivity contribution >= 4 is 28.8 Å². The van der Waals surface area contributed by atoms with Crippen molar-refractivity contribution in [3.8, 4) is 10.6 Å². The van der Waals surface area contributed by atoms with Crippen LogP contribution in [0, 0.1) is 0 Å². The summed E-state index contributed by atoms with van der Waals surface area (Å²) in [7, 11) is 4.08. The molecule has 0 aliphatic rings. The van der Waals surface area contributed by atoms with Gasteiger partial charge in [-0.3, -0.25) is 4.79 Å². The molecule has 1 amide bonds. The second-order valence-electron chi connectivity index (χ2n) is 6.25. The highest BCUT2D eigenvalue weighted by Gasteiger charge is 2.13. The van der Waals surface area contributed by atoms with Crippen LogP contribution in [0.4, 0.5) is 0 Å². The summed E-state index contributed by atoms with van der Waals surface area (Å²) in [6.45, 7) is 1.39. The summed E-state index contributed by atoms with van der Waals surface area (Å²) in [4.78, 5) is 19.4. The van der Waals surface area contributed by atoms with Crippen molar-refractivity contribution in [2.24, 2.45) is 0 Å². The van der Waals surface area contributed by atoms with Gasteiger partial charge in [0, 0.05) is 18.7 Å². The van der Waals surface area contributed by atoms with Gasteiger partial charge in [0.1, 0.15) is 9.88 Å². The minimum absolute atomic E-state index is 0.127. The number of carbonyl (C=O) groups excluding carboxylic acids is 1. The number of rotatable bonds is 6. The van der Waals surface area contributed by atoms with E-state index in [-0.39, 0.29) is 5.91 Å². The van der Waals surface area contributed by atoms with Crippen molar-refractivity contribution in [2.45, 2.75) is 13.1 Å². The highest BCUT2D eigenvalue weighted by Crippen LogP contribution is 2.30. The molecule has 26 heavy (non-hydrogen) atoms. The third kappa shape index (κ3) is 4.69. The fraction of sp³-hybridized carbons (Fsp3) is 0.200. The number of carbonyl (C=O) groups is 1. The van der Waals surface area contributed by atoms with Crippen molar-refractivity contribution in [1.82, 2.24) is 15.2 Å². The maximum Gasteiger partial charge on any atom is 0.263 e. The summed E-state index contributed by atoms with van der Waals surface area (Å²) in [6, 6.07) is 15.8. The lowest BCUT2D eigenvalue weighted by Crippen LogP contribution is -2.21. The second kappa shape index (κ2) is 8.45. The Bertz CT molecular complexity index is 890. The zero-order valence-electron chi connectivity index (χ0n) is 14.7. The van der Waals surface area contributed by atoms with Crippen molar-refractivity contribution in [2.75, 3.05) is 14.1 Å². The van der Waals surface area contributed by atoms with Gasteiger partial charge in [-0.2, -0.15) is 0 Å². The number of benzene rings is 2. The molecule has 0 atom stereocenters. The van der Waals surface area contributed by atoms with Gasteiger partial charge in [-0.15, -0.1) is 11.3 Å². The SMILES string of the molecule is CN(C)Cc1ccc(CNC(=O)c2cnc(-c3ccccc3Cl)s2)cc1. The van der Waals surface area contributed by atoms with Crippen LogP contribution in [0.3, 0.4) is 0 Å². The lowest BCUT2D eigenvalue weighted by Gasteiger charge is -2.10. The summed E-state index contributed by atoms with van der Waals surface area (Å²) in [5.74, 6) is -0.127. The quantitative estimate of drug-likeness (QED) is 0.681. The molecule has 0 saturated carbocycles.